The van der Waals surface area contributed by atoms with E-state index in [0.29, 0.717) is 5.56 Å². The molecule has 0 saturated carbocycles. The Morgan fingerprint density at radius 2 is 1.61 bits per heavy atom. The largest absolute Gasteiger partial charge is 0.507 e. The Morgan fingerprint density at radius 1 is 0.957 bits per heavy atom. The zero-order valence-corrected chi connectivity index (χ0v) is 13.4. The van der Waals surface area contributed by atoms with Crippen LogP contribution in [0.4, 0.5) is 0 Å². The molecule has 0 amide bonds. The molecule has 0 heterocycles. The molecule has 0 bridgehead atoms. The highest BCUT2D eigenvalue weighted by Crippen LogP contribution is 2.41. The maximum atomic E-state index is 10.4. The standard InChI is InChI=1S/C21H22O2/c1-15-6-5-9-18(12-15)21-19(22)13-17(14-20(21)23)11-10-16-7-3-2-4-8-16/h2-4,7-8,10-14,18,22-23H,5-6,9H2,1H3/b11-10+. The number of hydrogen-bond donors (Lipinski definition) is 2. The molecular formula is C21H22O2. The summed E-state index contributed by atoms with van der Waals surface area (Å²) in [5.74, 6) is 0.457. The third-order valence-electron chi connectivity index (χ3n) is 4.37. The minimum absolute atomic E-state index is 0.107. The zero-order chi connectivity index (χ0) is 16.2. The summed E-state index contributed by atoms with van der Waals surface area (Å²) in [4.78, 5) is 0. The molecule has 2 aromatic carbocycles. The van der Waals surface area contributed by atoms with Crippen LogP contribution in [-0.2, 0) is 0 Å². The maximum absolute atomic E-state index is 10.4. The molecule has 1 aliphatic carbocycles. The fourth-order valence-corrected chi connectivity index (χ4v) is 3.22. The molecule has 2 aromatic rings. The summed E-state index contributed by atoms with van der Waals surface area (Å²) >= 11 is 0. The van der Waals surface area contributed by atoms with E-state index in [2.05, 4.69) is 13.0 Å². The number of allylic oxidation sites excluding steroid dienone is 2. The van der Waals surface area contributed by atoms with Gasteiger partial charge in [-0.2, -0.15) is 0 Å². The third-order valence-corrected chi connectivity index (χ3v) is 4.37. The van der Waals surface area contributed by atoms with E-state index in [0.717, 1.165) is 30.4 Å². The molecule has 3 rings (SSSR count). The van der Waals surface area contributed by atoms with Gasteiger partial charge in [-0.05, 0) is 49.4 Å². The van der Waals surface area contributed by atoms with E-state index in [-0.39, 0.29) is 17.4 Å². The van der Waals surface area contributed by atoms with Gasteiger partial charge in [0.25, 0.3) is 0 Å². The SMILES string of the molecule is CC1=CC(c2c(O)cc(/C=C/c3ccccc3)cc2O)CCC1. The Bertz CT molecular complexity index is 719. The predicted octanol–water partition coefficient (Wildman–Crippen LogP) is 5.48. The highest BCUT2D eigenvalue weighted by Gasteiger charge is 2.20. The van der Waals surface area contributed by atoms with Crippen molar-refractivity contribution in [2.75, 3.05) is 0 Å². The van der Waals surface area contributed by atoms with Crippen LogP contribution in [0.5, 0.6) is 11.5 Å². The van der Waals surface area contributed by atoms with Crippen LogP contribution in [0.3, 0.4) is 0 Å². The van der Waals surface area contributed by atoms with Crippen LogP contribution >= 0.6 is 0 Å². The van der Waals surface area contributed by atoms with Crippen molar-refractivity contribution in [3.8, 4) is 11.5 Å². The summed E-state index contributed by atoms with van der Waals surface area (Å²) in [5, 5.41) is 20.8. The first-order valence-corrected chi connectivity index (χ1v) is 8.10. The number of phenols is 2. The third kappa shape index (κ3) is 3.65. The minimum atomic E-state index is 0.107. The van der Waals surface area contributed by atoms with E-state index < -0.39 is 0 Å². The summed E-state index contributed by atoms with van der Waals surface area (Å²) in [6, 6.07) is 13.4. The van der Waals surface area contributed by atoms with Gasteiger partial charge >= 0.3 is 0 Å². The summed E-state index contributed by atoms with van der Waals surface area (Å²) in [6.07, 6.45) is 9.21. The van der Waals surface area contributed by atoms with Gasteiger partial charge in [0, 0.05) is 11.5 Å². The Morgan fingerprint density at radius 3 is 2.26 bits per heavy atom. The fraction of sp³-hybridized carbons (Fsp3) is 0.238. The van der Waals surface area contributed by atoms with Crippen molar-refractivity contribution in [1.29, 1.82) is 0 Å². The van der Waals surface area contributed by atoms with Crippen LogP contribution in [0.15, 0.2) is 54.1 Å². The second-order valence-corrected chi connectivity index (χ2v) is 6.23. The van der Waals surface area contributed by atoms with Crippen molar-refractivity contribution in [2.45, 2.75) is 32.1 Å². The monoisotopic (exact) mass is 306 g/mol. The zero-order valence-electron chi connectivity index (χ0n) is 13.4. The first-order valence-electron chi connectivity index (χ1n) is 8.10. The highest BCUT2D eigenvalue weighted by atomic mass is 16.3. The van der Waals surface area contributed by atoms with Gasteiger partial charge in [0.2, 0.25) is 0 Å². The van der Waals surface area contributed by atoms with Gasteiger partial charge in [-0.15, -0.1) is 0 Å². The average molecular weight is 306 g/mol. The number of phenolic OH excluding ortho intramolecular Hbond substituents is 2. The van der Waals surface area contributed by atoms with Crippen LogP contribution in [0, 0.1) is 0 Å². The van der Waals surface area contributed by atoms with Gasteiger partial charge in [-0.1, -0.05) is 54.1 Å². The molecule has 2 heteroatoms. The lowest BCUT2D eigenvalue weighted by Crippen LogP contribution is -2.03. The van der Waals surface area contributed by atoms with E-state index >= 15 is 0 Å². The smallest absolute Gasteiger partial charge is 0.123 e. The Labute approximate surface area is 137 Å². The molecule has 0 spiro atoms. The molecule has 2 nitrogen and oxygen atoms in total. The van der Waals surface area contributed by atoms with Crippen LogP contribution in [0.25, 0.3) is 12.2 Å². The van der Waals surface area contributed by atoms with Crippen LogP contribution in [0.2, 0.25) is 0 Å². The molecule has 1 atom stereocenters. The molecule has 0 saturated heterocycles. The molecule has 118 valence electrons. The lowest BCUT2D eigenvalue weighted by molar-refractivity contribution is 0.428. The first kappa shape index (κ1) is 15.4. The molecule has 23 heavy (non-hydrogen) atoms. The van der Waals surface area contributed by atoms with Gasteiger partial charge < -0.3 is 10.2 Å². The second kappa shape index (κ2) is 6.74. The number of rotatable bonds is 3. The van der Waals surface area contributed by atoms with Crippen molar-refractivity contribution in [3.63, 3.8) is 0 Å². The molecule has 2 N–H and O–H groups in total. The van der Waals surface area contributed by atoms with Crippen LogP contribution in [0.1, 0.15) is 48.8 Å². The quantitative estimate of drug-likeness (QED) is 0.582. The lowest BCUT2D eigenvalue weighted by Gasteiger charge is -2.21. The van der Waals surface area contributed by atoms with Crippen molar-refractivity contribution >= 4 is 12.2 Å². The van der Waals surface area contributed by atoms with Gasteiger partial charge in [0.1, 0.15) is 11.5 Å². The maximum Gasteiger partial charge on any atom is 0.123 e. The van der Waals surface area contributed by atoms with Gasteiger partial charge in [-0.25, -0.2) is 0 Å². The molecule has 0 fully saturated rings. The molecule has 0 aliphatic heterocycles. The van der Waals surface area contributed by atoms with Gasteiger partial charge in [0.05, 0.1) is 0 Å². The molecule has 1 aliphatic rings. The normalized spacial score (nSPS) is 18.1. The second-order valence-electron chi connectivity index (χ2n) is 6.23. The van der Waals surface area contributed by atoms with E-state index in [4.69, 9.17) is 0 Å². The van der Waals surface area contributed by atoms with E-state index in [1.807, 2.05) is 42.5 Å². The van der Waals surface area contributed by atoms with Crippen molar-refractivity contribution in [3.05, 3.63) is 70.8 Å². The molecular weight excluding hydrogens is 284 g/mol. The van der Waals surface area contributed by atoms with E-state index in [1.54, 1.807) is 12.1 Å². The number of hydrogen-bond acceptors (Lipinski definition) is 2. The topological polar surface area (TPSA) is 40.5 Å². The average Bonchev–Trinajstić information content (AvgIpc) is 2.53. The van der Waals surface area contributed by atoms with Gasteiger partial charge in [0.15, 0.2) is 0 Å². The Hall–Kier alpha value is -2.48. The number of benzene rings is 2. The summed E-state index contributed by atoms with van der Waals surface area (Å²) in [5.41, 5.74) is 3.86. The minimum Gasteiger partial charge on any atom is -0.507 e. The molecule has 0 radical (unpaired) electrons. The number of aromatic hydroxyl groups is 2. The van der Waals surface area contributed by atoms with Crippen LogP contribution in [-0.4, -0.2) is 10.2 Å². The summed E-state index contributed by atoms with van der Waals surface area (Å²) in [7, 11) is 0. The highest BCUT2D eigenvalue weighted by molar-refractivity contribution is 5.72. The summed E-state index contributed by atoms with van der Waals surface area (Å²) < 4.78 is 0. The van der Waals surface area contributed by atoms with Crippen LogP contribution < -0.4 is 0 Å². The van der Waals surface area contributed by atoms with E-state index in [1.165, 1.54) is 5.57 Å². The predicted molar refractivity (Wildman–Crippen MR) is 95.5 cm³/mol. The fourth-order valence-electron chi connectivity index (χ4n) is 3.22. The Kier molecular flexibility index (Phi) is 4.52. The van der Waals surface area contributed by atoms with Crippen molar-refractivity contribution in [1.82, 2.24) is 0 Å². The summed E-state index contributed by atoms with van der Waals surface area (Å²) in [6.45, 7) is 2.11. The van der Waals surface area contributed by atoms with Crippen molar-refractivity contribution in [2.24, 2.45) is 0 Å². The van der Waals surface area contributed by atoms with E-state index in [9.17, 15) is 10.2 Å². The Balaban J connectivity index is 1.89. The first-order chi connectivity index (χ1) is 11.1. The molecule has 1 unspecified atom stereocenters. The molecule has 0 aromatic heterocycles. The van der Waals surface area contributed by atoms with Crippen molar-refractivity contribution < 1.29 is 10.2 Å². The lowest BCUT2D eigenvalue weighted by atomic mass is 9.85. The van der Waals surface area contributed by atoms with Gasteiger partial charge in [-0.3, -0.25) is 0 Å².